The van der Waals surface area contributed by atoms with Gasteiger partial charge in [0.2, 0.25) is 0 Å². The molecule has 0 spiro atoms. The van der Waals surface area contributed by atoms with Crippen LogP contribution in [0.5, 0.6) is 0 Å². The van der Waals surface area contributed by atoms with Crippen molar-refractivity contribution in [3.8, 4) is 0 Å². The van der Waals surface area contributed by atoms with Crippen LogP contribution in [0.3, 0.4) is 0 Å². The van der Waals surface area contributed by atoms with E-state index in [1.165, 1.54) is 21.3 Å². The molecule has 16 heteroatoms. The maximum Gasteiger partial charge on any atom is 0.285 e. The van der Waals surface area contributed by atoms with Gasteiger partial charge < -0.3 is 5.73 Å². The number of aryl methyl sites for hydroxylation is 2. The molecule has 0 amide bonds. The van der Waals surface area contributed by atoms with Crippen LogP contribution in [0.15, 0.2) is 42.8 Å². The lowest BCUT2D eigenvalue weighted by Gasteiger charge is -2.24. The van der Waals surface area contributed by atoms with Crippen LogP contribution < -0.4 is 16.9 Å². The van der Waals surface area contributed by atoms with Gasteiger partial charge in [-0.05, 0) is 44.9 Å². The fraction of sp³-hybridized carbons (Fsp3) is 0.375. The first kappa shape index (κ1) is 38.0. The average Bonchev–Trinajstić information content (AvgIpc) is 2.94. The third-order valence-corrected chi connectivity index (χ3v) is 8.92. The molecule has 0 saturated heterocycles. The van der Waals surface area contributed by atoms with E-state index < -0.39 is 22.6 Å². The Balaban J connectivity index is 0.000000251. The number of nitrogens with two attached hydrogens (primary N) is 1. The third-order valence-electron chi connectivity index (χ3n) is 8.00. The highest BCUT2D eigenvalue weighted by Crippen LogP contribution is 2.30. The van der Waals surface area contributed by atoms with Gasteiger partial charge >= 0.3 is 0 Å². The summed E-state index contributed by atoms with van der Waals surface area (Å²) in [6.45, 7) is 3.25. The smallest absolute Gasteiger partial charge is 0.285 e. The number of hydrogen-bond donors (Lipinski definition) is 1. The number of anilines is 1. The van der Waals surface area contributed by atoms with Gasteiger partial charge in [0, 0.05) is 33.5 Å². The topological polar surface area (TPSA) is 207 Å². The molecule has 2 N–H and O–H groups in total. The highest BCUT2D eigenvalue weighted by molar-refractivity contribution is 9.10. The molecule has 2 aliphatic carbocycles. The van der Waals surface area contributed by atoms with E-state index in [2.05, 4.69) is 41.8 Å². The molecule has 2 heterocycles. The van der Waals surface area contributed by atoms with Crippen LogP contribution in [-0.4, -0.2) is 47.2 Å². The van der Waals surface area contributed by atoms with Crippen LogP contribution in [0.4, 0.5) is 11.4 Å². The van der Waals surface area contributed by atoms with Crippen molar-refractivity contribution in [2.45, 2.75) is 79.3 Å². The largest absolute Gasteiger partial charge is 0.398 e. The van der Waals surface area contributed by atoms with Gasteiger partial charge in [-0.25, -0.2) is 9.97 Å². The lowest BCUT2D eigenvalue weighted by molar-refractivity contribution is -0.383. The van der Waals surface area contributed by atoms with Crippen molar-refractivity contribution in [2.24, 2.45) is 0 Å². The summed E-state index contributed by atoms with van der Waals surface area (Å²) in [5.74, 6) is -0.110. The number of nitrogens with zero attached hydrogens (tertiary/aromatic N) is 5. The molecule has 2 saturated carbocycles. The zero-order valence-corrected chi connectivity index (χ0v) is 27.7. The number of nitrogen functional groups attached to an aromatic ring is 1. The van der Waals surface area contributed by atoms with Gasteiger partial charge in [0.25, 0.3) is 16.8 Å². The second kappa shape index (κ2) is 14.8. The van der Waals surface area contributed by atoms with Crippen molar-refractivity contribution in [1.29, 1.82) is 0 Å². The minimum atomic E-state index is -0.810. The number of carbonyl (C=O) groups is 4. The first-order valence-corrected chi connectivity index (χ1v) is 15.7. The summed E-state index contributed by atoms with van der Waals surface area (Å²) in [5.41, 5.74) is 5.60. The molecule has 2 fully saturated rings. The number of hydrogen-bond acceptors (Lipinski definition) is 11. The van der Waals surface area contributed by atoms with Gasteiger partial charge in [-0.15, -0.1) is 0 Å². The number of halogens is 2. The molecule has 14 nitrogen and oxygen atoms in total. The van der Waals surface area contributed by atoms with Crippen LogP contribution in [-0.2, 0) is 19.2 Å². The highest BCUT2D eigenvalue weighted by atomic mass is 79.9. The van der Waals surface area contributed by atoms with Crippen LogP contribution in [0.1, 0.15) is 77.1 Å². The van der Waals surface area contributed by atoms with Crippen molar-refractivity contribution in [3.63, 3.8) is 0 Å². The predicted octanol–water partition coefficient (Wildman–Crippen LogP) is 5.42. The fourth-order valence-electron chi connectivity index (χ4n) is 5.95. The maximum absolute atomic E-state index is 12.9. The van der Waals surface area contributed by atoms with Crippen LogP contribution >= 0.6 is 31.9 Å². The van der Waals surface area contributed by atoms with Gasteiger partial charge in [-0.3, -0.25) is 48.0 Å². The Morgan fingerprint density at radius 3 is 1.60 bits per heavy atom. The molecule has 254 valence electrons. The number of ketones is 4. The summed E-state index contributed by atoms with van der Waals surface area (Å²) in [6, 6.07) is 4.67. The molecule has 2 atom stereocenters. The SMILES string of the molecule is C.C.Cc1nc2cc(Br)cc(N)c2c(=O)n1C1CCC(=O)CC1=O.Cc1nc2cc(Br)cc([N+](=O)[O-])c2c(=O)n1C1CCC(=O)CC1=O. The Hall–Kier alpha value is -4.44. The molecule has 48 heavy (non-hydrogen) atoms. The molecule has 2 aliphatic rings. The van der Waals surface area contributed by atoms with E-state index in [1.54, 1.807) is 26.0 Å². The Kier molecular flexibility index (Phi) is 11.7. The lowest BCUT2D eigenvalue weighted by atomic mass is 9.92. The maximum atomic E-state index is 12.9. The quantitative estimate of drug-likeness (QED) is 0.120. The molecule has 0 radical (unpaired) electrons. The summed E-state index contributed by atoms with van der Waals surface area (Å²) in [5, 5.41) is 11.5. The molecule has 6 rings (SSSR count). The summed E-state index contributed by atoms with van der Waals surface area (Å²) >= 11 is 6.49. The Labute approximate surface area is 291 Å². The number of aromatic nitrogens is 4. The third kappa shape index (κ3) is 7.18. The van der Waals surface area contributed by atoms with Crippen molar-refractivity contribution in [3.05, 3.63) is 75.7 Å². The van der Waals surface area contributed by atoms with Crippen molar-refractivity contribution >= 4 is 88.2 Å². The van der Waals surface area contributed by atoms with Gasteiger partial charge in [-0.1, -0.05) is 46.7 Å². The zero-order chi connectivity index (χ0) is 33.6. The molecule has 0 bridgehead atoms. The van der Waals surface area contributed by atoms with Crippen LogP contribution in [0.25, 0.3) is 21.8 Å². The average molecular weight is 790 g/mol. The summed E-state index contributed by atoms with van der Waals surface area (Å²) in [6.07, 6.45) is 0.693. The van der Waals surface area contributed by atoms with E-state index in [0.29, 0.717) is 39.7 Å². The number of nitro groups is 1. The lowest BCUT2D eigenvalue weighted by Crippen LogP contribution is -2.36. The van der Waals surface area contributed by atoms with E-state index in [1.807, 2.05) is 0 Å². The normalized spacial score (nSPS) is 17.8. The van der Waals surface area contributed by atoms with Gasteiger partial charge in [-0.2, -0.15) is 0 Å². The number of carbonyl (C=O) groups excluding carboxylic acids is 4. The van der Waals surface area contributed by atoms with E-state index in [9.17, 15) is 38.9 Å². The minimum Gasteiger partial charge on any atom is -0.398 e. The van der Waals surface area contributed by atoms with Gasteiger partial charge in [0.15, 0.2) is 11.6 Å². The Morgan fingerprint density at radius 2 is 1.17 bits per heavy atom. The van der Waals surface area contributed by atoms with E-state index >= 15 is 0 Å². The van der Waals surface area contributed by atoms with Crippen molar-refractivity contribution in [1.82, 2.24) is 19.1 Å². The molecule has 4 aromatic rings. The fourth-order valence-corrected chi connectivity index (χ4v) is 6.85. The first-order chi connectivity index (χ1) is 21.7. The Bertz CT molecular complexity index is 2140. The molecule has 2 unspecified atom stereocenters. The van der Waals surface area contributed by atoms with Crippen molar-refractivity contribution in [2.75, 3.05) is 5.73 Å². The molecule has 2 aromatic heterocycles. The van der Waals surface area contributed by atoms with Gasteiger partial charge in [0.05, 0.1) is 46.3 Å². The number of benzene rings is 2. The number of rotatable bonds is 3. The second-order valence-electron chi connectivity index (χ2n) is 11.1. The number of non-ortho nitro benzene ring substituents is 1. The standard InChI is InChI=1S/C15H12BrN3O5.C15H14BrN3O3.2CH4/c1-7-17-10-4-8(16)5-12(19(23)24)14(10)15(22)18(7)11-3-2-9(20)6-13(11)21;1-7-18-11-5-8(16)4-10(17)14(11)15(22)19(7)12-3-2-9(20)6-13(12)21;;/h4-5,11H,2-3,6H2,1H3;4-5,12H,2-3,6,17H2,1H3;2*1H4. The number of Topliss-reactive ketones (excluding diaryl/α,β-unsaturated/α-hetero) is 4. The van der Waals surface area contributed by atoms with E-state index in [-0.39, 0.29) is 91.6 Å². The second-order valence-corrected chi connectivity index (χ2v) is 12.9. The van der Waals surface area contributed by atoms with Gasteiger partial charge in [0.1, 0.15) is 28.6 Å². The summed E-state index contributed by atoms with van der Waals surface area (Å²) < 4.78 is 3.73. The zero-order valence-electron chi connectivity index (χ0n) is 24.5. The molecule has 2 aromatic carbocycles. The monoisotopic (exact) mass is 788 g/mol. The predicted molar refractivity (Wildman–Crippen MR) is 187 cm³/mol. The van der Waals surface area contributed by atoms with Crippen LogP contribution in [0, 0.1) is 24.0 Å². The highest BCUT2D eigenvalue weighted by Gasteiger charge is 2.33. The van der Waals surface area contributed by atoms with E-state index in [0.717, 1.165) is 4.47 Å². The van der Waals surface area contributed by atoms with E-state index in [4.69, 9.17) is 5.73 Å². The summed E-state index contributed by atoms with van der Waals surface area (Å²) in [4.78, 5) is 92.1. The summed E-state index contributed by atoms with van der Waals surface area (Å²) in [7, 11) is 0. The van der Waals surface area contributed by atoms with Crippen molar-refractivity contribution < 1.29 is 24.1 Å². The molecule has 0 aliphatic heterocycles. The Morgan fingerprint density at radius 1 is 0.750 bits per heavy atom. The molecular formula is C32H34Br2N6O8. The molecular weight excluding hydrogens is 756 g/mol. The number of fused-ring (bicyclic) bond motifs is 2. The first-order valence-electron chi connectivity index (χ1n) is 14.1. The minimum absolute atomic E-state index is 0. The van der Waals surface area contributed by atoms with Crippen LogP contribution in [0.2, 0.25) is 0 Å². The number of nitro benzene ring substituents is 1.